The van der Waals surface area contributed by atoms with Crippen molar-refractivity contribution in [2.75, 3.05) is 27.7 Å². The van der Waals surface area contributed by atoms with E-state index in [9.17, 15) is 24.6 Å². The van der Waals surface area contributed by atoms with Gasteiger partial charge in [-0.1, -0.05) is 18.6 Å². The number of carboxylic acid groups (broad SMARTS) is 2. The van der Waals surface area contributed by atoms with Crippen LogP contribution in [-0.2, 0) is 19.1 Å². The van der Waals surface area contributed by atoms with Crippen LogP contribution in [0.1, 0.15) is 51.4 Å². The van der Waals surface area contributed by atoms with Crippen LogP contribution in [0.25, 0.3) is 0 Å². The molecule has 0 fully saturated rings. The van der Waals surface area contributed by atoms with E-state index >= 15 is 0 Å². The fourth-order valence-corrected chi connectivity index (χ4v) is 2.55. The van der Waals surface area contributed by atoms with E-state index in [1.807, 2.05) is 33.3 Å². The van der Waals surface area contributed by atoms with Gasteiger partial charge in [-0.25, -0.2) is 0 Å². The maximum Gasteiger partial charge on any atom is 0.308 e. The summed E-state index contributed by atoms with van der Waals surface area (Å²) < 4.78 is 5.64. The number of aliphatic hydroxyl groups excluding tert-OH is 1. The van der Waals surface area contributed by atoms with Crippen molar-refractivity contribution in [2.45, 2.75) is 63.6 Å². The maximum atomic E-state index is 11.9. The second-order valence-corrected chi connectivity index (χ2v) is 7.71. The van der Waals surface area contributed by atoms with Crippen LogP contribution in [0.2, 0.25) is 0 Å². The quantitative estimate of drug-likeness (QED) is 0.181. The monoisotopic (exact) mass is 387 g/mol. The van der Waals surface area contributed by atoms with Crippen molar-refractivity contribution in [2.24, 2.45) is 0 Å². The predicted molar refractivity (Wildman–Crippen MR) is 97.5 cm³/mol. The van der Waals surface area contributed by atoms with E-state index in [0.29, 0.717) is 23.9 Å². The molecule has 0 aliphatic rings. The van der Waals surface area contributed by atoms with E-state index in [4.69, 9.17) is 9.84 Å². The van der Waals surface area contributed by atoms with Gasteiger partial charge in [-0.05, 0) is 25.7 Å². The molecule has 0 amide bonds. The highest BCUT2D eigenvalue weighted by atomic mass is 16.5. The van der Waals surface area contributed by atoms with Gasteiger partial charge < -0.3 is 29.3 Å². The highest BCUT2D eigenvalue weighted by Gasteiger charge is 2.23. The highest BCUT2D eigenvalue weighted by Crippen LogP contribution is 2.11. The second kappa shape index (κ2) is 13.3. The summed E-state index contributed by atoms with van der Waals surface area (Å²) in [4.78, 5) is 33.1. The molecule has 0 saturated carbocycles. The van der Waals surface area contributed by atoms with E-state index in [1.54, 1.807) is 0 Å². The van der Waals surface area contributed by atoms with E-state index in [1.165, 1.54) is 0 Å². The summed E-state index contributed by atoms with van der Waals surface area (Å²) in [5.74, 6) is -2.72. The van der Waals surface area contributed by atoms with Crippen LogP contribution < -0.4 is 5.11 Å². The molecule has 2 atom stereocenters. The number of quaternary nitrogens is 1. The molecular weight excluding hydrogens is 354 g/mol. The molecule has 0 aliphatic carbocycles. The van der Waals surface area contributed by atoms with Gasteiger partial charge in [0.25, 0.3) is 0 Å². The van der Waals surface area contributed by atoms with Crippen molar-refractivity contribution >= 4 is 17.9 Å². The van der Waals surface area contributed by atoms with Crippen molar-refractivity contribution < 1.29 is 38.9 Å². The van der Waals surface area contributed by atoms with Crippen LogP contribution in [0.15, 0.2) is 12.2 Å². The maximum absolute atomic E-state index is 11.9. The van der Waals surface area contributed by atoms with Crippen molar-refractivity contribution in [3.63, 3.8) is 0 Å². The van der Waals surface area contributed by atoms with Crippen LogP contribution in [-0.4, -0.2) is 72.5 Å². The zero-order valence-corrected chi connectivity index (χ0v) is 16.6. The molecule has 8 nitrogen and oxygen atoms in total. The van der Waals surface area contributed by atoms with E-state index in [0.717, 1.165) is 19.3 Å². The molecular formula is C19H33NO7. The number of likely N-dealkylation sites (N-methyl/N-ethyl adjacent to an activating group) is 1. The van der Waals surface area contributed by atoms with Crippen molar-refractivity contribution in [3.05, 3.63) is 12.2 Å². The number of unbranched alkanes of at least 4 members (excludes halogenated alkanes) is 2. The molecule has 0 saturated heterocycles. The lowest BCUT2D eigenvalue weighted by Crippen LogP contribution is -2.45. The molecule has 0 aromatic rings. The Hall–Kier alpha value is -1.93. The normalized spacial score (nSPS) is 14.1. The molecule has 2 N–H and O–H groups in total. The van der Waals surface area contributed by atoms with Crippen LogP contribution >= 0.6 is 0 Å². The van der Waals surface area contributed by atoms with Gasteiger partial charge in [0.2, 0.25) is 0 Å². The summed E-state index contributed by atoms with van der Waals surface area (Å²) >= 11 is 0. The third-order valence-electron chi connectivity index (χ3n) is 3.70. The van der Waals surface area contributed by atoms with E-state index in [2.05, 4.69) is 0 Å². The number of rotatable bonds is 15. The molecule has 0 bridgehead atoms. The molecule has 0 radical (unpaired) electrons. The third-order valence-corrected chi connectivity index (χ3v) is 3.70. The topological polar surface area (TPSA) is 124 Å². The molecule has 0 heterocycles. The van der Waals surface area contributed by atoms with E-state index < -0.39 is 30.1 Å². The van der Waals surface area contributed by atoms with Gasteiger partial charge in [-0.2, -0.15) is 0 Å². The van der Waals surface area contributed by atoms with Crippen LogP contribution in [0.4, 0.5) is 0 Å². The summed E-state index contributed by atoms with van der Waals surface area (Å²) in [6.45, 7) is 0.337. The Morgan fingerprint density at radius 3 is 2.26 bits per heavy atom. The number of hydrogen-bond donors (Lipinski definition) is 2. The Morgan fingerprint density at radius 1 is 1.07 bits per heavy atom. The van der Waals surface area contributed by atoms with Gasteiger partial charge in [0, 0.05) is 18.8 Å². The first kappa shape index (κ1) is 25.1. The number of esters is 1. The Bertz CT molecular complexity index is 497. The molecule has 156 valence electrons. The number of allylic oxidation sites excluding steroid dienone is 2. The molecule has 0 aromatic heterocycles. The third kappa shape index (κ3) is 17.3. The minimum absolute atomic E-state index is 0.115. The average molecular weight is 387 g/mol. The summed E-state index contributed by atoms with van der Waals surface area (Å²) in [6.07, 6.45) is 4.98. The fraction of sp³-hybridized carbons (Fsp3) is 0.737. The number of carbonyl (C=O) groups excluding carboxylic acids is 2. The van der Waals surface area contributed by atoms with Gasteiger partial charge >= 0.3 is 11.9 Å². The number of aliphatic hydroxyl groups is 1. The Balaban J connectivity index is 4.07. The van der Waals surface area contributed by atoms with Crippen molar-refractivity contribution in [3.8, 4) is 0 Å². The van der Waals surface area contributed by atoms with Crippen molar-refractivity contribution in [1.82, 2.24) is 0 Å². The first-order chi connectivity index (χ1) is 12.5. The van der Waals surface area contributed by atoms with Gasteiger partial charge in [0.05, 0.1) is 33.7 Å². The lowest BCUT2D eigenvalue weighted by Gasteiger charge is -2.29. The van der Waals surface area contributed by atoms with Crippen LogP contribution in [0, 0.1) is 0 Å². The second-order valence-electron chi connectivity index (χ2n) is 7.71. The Labute approximate surface area is 161 Å². The molecule has 0 aromatic carbocycles. The summed E-state index contributed by atoms with van der Waals surface area (Å²) in [6, 6.07) is 0. The molecule has 27 heavy (non-hydrogen) atoms. The lowest BCUT2D eigenvalue weighted by atomic mass is 10.1. The minimum Gasteiger partial charge on any atom is -0.550 e. The van der Waals surface area contributed by atoms with Gasteiger partial charge in [-0.15, -0.1) is 0 Å². The number of ether oxygens (including phenoxy) is 1. The SMILES string of the molecule is C[N+](C)(C)CC(CC(=O)[O-])OC(=O)CC(O)CCCC/C=C/CCC(=O)O. The molecule has 2 unspecified atom stereocenters. The Kier molecular flexibility index (Phi) is 12.3. The van der Waals surface area contributed by atoms with Gasteiger partial charge in [0.1, 0.15) is 6.54 Å². The summed E-state index contributed by atoms with van der Waals surface area (Å²) in [5, 5.41) is 29.2. The van der Waals surface area contributed by atoms with Crippen LogP contribution in [0.3, 0.4) is 0 Å². The van der Waals surface area contributed by atoms with Crippen molar-refractivity contribution in [1.29, 1.82) is 0 Å². The molecule has 0 aliphatic heterocycles. The van der Waals surface area contributed by atoms with E-state index in [-0.39, 0.29) is 19.3 Å². The highest BCUT2D eigenvalue weighted by molar-refractivity contribution is 5.71. The molecule has 8 heteroatoms. The number of hydrogen-bond acceptors (Lipinski definition) is 6. The van der Waals surface area contributed by atoms with Crippen LogP contribution in [0.5, 0.6) is 0 Å². The number of carboxylic acids is 2. The van der Waals surface area contributed by atoms with Gasteiger partial charge in [0.15, 0.2) is 6.10 Å². The minimum atomic E-state index is -1.28. The summed E-state index contributed by atoms with van der Waals surface area (Å²) in [7, 11) is 5.59. The fourth-order valence-electron chi connectivity index (χ4n) is 2.55. The first-order valence-electron chi connectivity index (χ1n) is 9.24. The number of nitrogens with zero attached hydrogens (tertiary/aromatic N) is 1. The zero-order chi connectivity index (χ0) is 20.9. The standard InChI is InChI=1S/C19H33NO7/c1-20(2,3)14-16(13-18(24)25)27-19(26)12-15(21)10-8-6-4-5-7-9-11-17(22)23/h5,7,15-16,21H,4,6,8-14H2,1-3H3,(H-,22,23,24,25)/b7-5+. The lowest BCUT2D eigenvalue weighted by molar-refractivity contribution is -0.873. The average Bonchev–Trinajstić information content (AvgIpc) is 2.46. The largest absolute Gasteiger partial charge is 0.550 e. The molecule has 0 spiro atoms. The zero-order valence-electron chi connectivity index (χ0n) is 16.6. The number of carbonyl (C=O) groups is 3. The molecule has 0 rings (SSSR count). The van der Waals surface area contributed by atoms with Gasteiger partial charge in [-0.3, -0.25) is 9.59 Å². The predicted octanol–water partition coefficient (Wildman–Crippen LogP) is 0.477. The first-order valence-corrected chi connectivity index (χ1v) is 9.24. The smallest absolute Gasteiger partial charge is 0.308 e. The summed E-state index contributed by atoms with van der Waals surface area (Å²) in [5.41, 5.74) is 0. The number of aliphatic carboxylic acids is 2. The Morgan fingerprint density at radius 2 is 1.70 bits per heavy atom.